The van der Waals surface area contributed by atoms with Gasteiger partial charge in [0.15, 0.2) is 0 Å². The van der Waals surface area contributed by atoms with Crippen LogP contribution in [0.25, 0.3) is 0 Å². The van der Waals surface area contributed by atoms with Crippen LogP contribution in [0.2, 0.25) is 0 Å². The third-order valence-corrected chi connectivity index (χ3v) is 5.73. The van der Waals surface area contributed by atoms with Crippen molar-refractivity contribution in [2.45, 2.75) is 0 Å². The minimum atomic E-state index is -4.98. The van der Waals surface area contributed by atoms with Crippen LogP contribution in [-0.2, 0) is 43.7 Å². The van der Waals surface area contributed by atoms with Crippen molar-refractivity contribution in [3.05, 3.63) is 106 Å². The zero-order chi connectivity index (χ0) is 37.0. The van der Waals surface area contributed by atoms with E-state index in [4.69, 9.17) is 13.7 Å². The van der Waals surface area contributed by atoms with Crippen molar-refractivity contribution in [3.63, 3.8) is 0 Å². The van der Waals surface area contributed by atoms with E-state index >= 15 is 0 Å². The Morgan fingerprint density at radius 3 is 0.686 bits per heavy atom. The second-order valence-electron chi connectivity index (χ2n) is 7.89. The average molecular weight is 805 g/mol. The first kappa shape index (κ1) is 52.6. The molecule has 0 fully saturated rings. The molecule has 21 nitrogen and oxygen atoms in total. The molecule has 0 aliphatic rings. The van der Waals surface area contributed by atoms with Crippen molar-refractivity contribution in [1.29, 1.82) is 0 Å². The molecule has 27 heteroatoms. The van der Waals surface area contributed by atoms with E-state index in [1.807, 2.05) is 0 Å². The van der Waals surface area contributed by atoms with E-state index in [-0.39, 0.29) is 88.7 Å². The molecular weight excluding hydrogens is 789 g/mol. The fourth-order valence-corrected chi connectivity index (χ4v) is 3.78. The molecule has 0 saturated carbocycles. The second-order valence-corrected chi connectivity index (χ2v) is 11.0. The van der Waals surface area contributed by atoms with E-state index in [1.54, 1.807) is 0 Å². The number of carbonyl (C=O) groups is 6. The van der Waals surface area contributed by atoms with Crippen LogP contribution in [0.3, 0.4) is 0 Å². The molecule has 0 radical (unpaired) electrons. The van der Waals surface area contributed by atoms with Crippen LogP contribution < -0.4 is 104 Å². The smallest absolute Gasteiger partial charge is 0.545 e. The summed E-state index contributed by atoms with van der Waals surface area (Å²) in [6, 6.07) is 14.0. The van der Waals surface area contributed by atoms with Gasteiger partial charge in [-0.1, -0.05) is 54.6 Å². The SMILES string of the molecule is O=C([O-])c1ccccc1C(=O)OS(=O)(=O)O.O=C([O-])c1ccccc1C(=O)OS(=O)(=O)O.O=C([O-])c1ccccc1C(=O)OS(=O)(=O)O.[Na+].[Na+].[Na+]. The van der Waals surface area contributed by atoms with Gasteiger partial charge in [0.1, 0.15) is 0 Å². The maximum absolute atomic E-state index is 11.1. The Kier molecular flexibility index (Phi) is 23.7. The summed E-state index contributed by atoms with van der Waals surface area (Å²) in [5, 5.41) is 31.7. The van der Waals surface area contributed by atoms with Crippen molar-refractivity contribution in [2.24, 2.45) is 0 Å². The van der Waals surface area contributed by atoms with Gasteiger partial charge in [-0.05, 0) is 18.2 Å². The Morgan fingerprint density at radius 2 is 0.549 bits per heavy atom. The molecule has 0 atom stereocenters. The van der Waals surface area contributed by atoms with Gasteiger partial charge in [-0.3, -0.25) is 13.7 Å². The van der Waals surface area contributed by atoms with E-state index in [9.17, 15) is 69.3 Å². The predicted octanol–water partition coefficient (Wildman–Crippen LogP) is -12.0. The van der Waals surface area contributed by atoms with Gasteiger partial charge in [-0.25, -0.2) is 14.4 Å². The summed E-state index contributed by atoms with van der Waals surface area (Å²) in [5.74, 6) is -9.49. The number of aromatic carboxylic acids is 3. The van der Waals surface area contributed by atoms with Gasteiger partial charge in [0.25, 0.3) is 0 Å². The monoisotopic (exact) mass is 804 g/mol. The zero-order valence-corrected chi connectivity index (χ0v) is 34.3. The molecule has 0 aliphatic heterocycles. The van der Waals surface area contributed by atoms with Gasteiger partial charge in [0.2, 0.25) is 0 Å². The summed E-state index contributed by atoms with van der Waals surface area (Å²) in [6.07, 6.45) is 0. The van der Waals surface area contributed by atoms with Gasteiger partial charge >= 0.3 is 138 Å². The van der Waals surface area contributed by atoms with Crippen molar-refractivity contribution in [1.82, 2.24) is 0 Å². The fourth-order valence-electron chi connectivity index (χ4n) is 2.94. The molecule has 0 unspecified atom stereocenters. The van der Waals surface area contributed by atoms with Crippen LogP contribution in [0.1, 0.15) is 62.1 Å². The zero-order valence-electron chi connectivity index (χ0n) is 25.8. The van der Waals surface area contributed by atoms with Gasteiger partial charge in [0.05, 0.1) is 34.6 Å². The Bertz CT molecular complexity index is 1850. The van der Waals surface area contributed by atoms with Gasteiger partial charge in [-0.2, -0.15) is 25.3 Å². The Hall–Kier alpha value is -2.79. The topological polar surface area (TPSA) is 362 Å². The molecule has 0 saturated heterocycles. The summed E-state index contributed by atoms with van der Waals surface area (Å²) in [5.41, 5.74) is -3.18. The molecule has 3 aromatic carbocycles. The molecular formula is C24H15Na3O21S3. The van der Waals surface area contributed by atoms with Crippen LogP contribution in [-0.4, -0.2) is 74.7 Å². The molecule has 258 valence electrons. The number of carbonyl (C=O) groups excluding carboxylic acids is 6. The Balaban J connectivity index is -0.000000658. The molecule has 0 bridgehead atoms. The Labute approximate surface area is 353 Å². The normalized spacial score (nSPS) is 10.2. The molecule has 3 N–H and O–H groups in total. The minimum Gasteiger partial charge on any atom is -0.545 e. The summed E-state index contributed by atoms with van der Waals surface area (Å²) < 4.78 is 97.0. The van der Waals surface area contributed by atoms with Gasteiger partial charge < -0.3 is 42.3 Å². The van der Waals surface area contributed by atoms with E-state index < -0.39 is 100 Å². The van der Waals surface area contributed by atoms with Crippen molar-refractivity contribution in [2.75, 3.05) is 0 Å². The molecule has 0 amide bonds. The van der Waals surface area contributed by atoms with Crippen LogP contribution in [0.4, 0.5) is 0 Å². The summed E-state index contributed by atoms with van der Waals surface area (Å²) in [7, 11) is -14.9. The number of rotatable bonds is 9. The summed E-state index contributed by atoms with van der Waals surface area (Å²) in [4.78, 5) is 65.1. The van der Waals surface area contributed by atoms with Crippen molar-refractivity contribution >= 4 is 67.0 Å². The number of carboxylic acid groups (broad SMARTS) is 3. The molecule has 0 heterocycles. The molecule has 3 aromatic rings. The predicted molar refractivity (Wildman–Crippen MR) is 143 cm³/mol. The summed E-state index contributed by atoms with van der Waals surface area (Å²) in [6.45, 7) is 0. The van der Waals surface area contributed by atoms with Crippen LogP contribution in [0, 0.1) is 0 Å². The first-order valence-corrected chi connectivity index (χ1v) is 15.6. The maximum atomic E-state index is 11.1. The quantitative estimate of drug-likeness (QED) is 0.133. The third-order valence-electron chi connectivity index (χ3n) is 4.64. The minimum absolute atomic E-state index is 0. The average Bonchev–Trinajstić information content (AvgIpc) is 2.95. The third kappa shape index (κ3) is 20.1. The Morgan fingerprint density at radius 1 is 0.392 bits per heavy atom. The van der Waals surface area contributed by atoms with Crippen LogP contribution in [0.15, 0.2) is 72.8 Å². The number of hydrogen-bond acceptors (Lipinski definition) is 18. The molecule has 51 heavy (non-hydrogen) atoms. The van der Waals surface area contributed by atoms with Crippen LogP contribution >= 0.6 is 0 Å². The number of carboxylic acids is 3. The number of hydrogen-bond donors (Lipinski definition) is 3. The molecule has 3 rings (SSSR count). The van der Waals surface area contributed by atoms with E-state index in [1.165, 1.54) is 36.4 Å². The maximum Gasteiger partial charge on any atom is 1.00 e. The van der Waals surface area contributed by atoms with Gasteiger partial charge in [-0.15, -0.1) is 0 Å². The van der Waals surface area contributed by atoms with Crippen LogP contribution in [0.5, 0.6) is 0 Å². The van der Waals surface area contributed by atoms with Crippen molar-refractivity contribution in [3.8, 4) is 0 Å². The van der Waals surface area contributed by atoms with E-state index in [2.05, 4.69) is 12.5 Å². The molecule has 0 aromatic heterocycles. The standard InChI is InChI=1S/3C8H6O7S.3Na/c3*9-7(10)5-3-1-2-4-6(5)8(11)15-16(12,13)14;;;/h3*1-4H,(H,9,10)(H,12,13,14);;;/q;;;3*+1/p-3. The van der Waals surface area contributed by atoms with E-state index in [0.717, 1.165) is 36.4 Å². The van der Waals surface area contributed by atoms with Crippen molar-refractivity contribution < 1.29 is 184 Å². The largest absolute Gasteiger partial charge is 1.00 e. The second kappa shape index (κ2) is 23.0. The van der Waals surface area contributed by atoms with Gasteiger partial charge in [0, 0.05) is 16.7 Å². The van der Waals surface area contributed by atoms with E-state index in [0.29, 0.717) is 0 Å². The fraction of sp³-hybridized carbons (Fsp3) is 0. The first-order valence-electron chi connectivity index (χ1n) is 11.5. The first-order chi connectivity index (χ1) is 21.9. The molecule has 0 aliphatic carbocycles. The summed E-state index contributed by atoms with van der Waals surface area (Å²) >= 11 is 0. The molecule has 0 spiro atoms. The number of benzene rings is 3.